The monoisotopic (exact) mass is 412 g/mol. The van der Waals surface area contributed by atoms with Crippen LogP contribution in [-0.2, 0) is 19.0 Å². The number of ether oxygens (including phenoxy) is 3. The zero-order valence-corrected chi connectivity index (χ0v) is 17.3. The predicted octanol–water partition coefficient (Wildman–Crippen LogP) is -0.0896. The summed E-state index contributed by atoms with van der Waals surface area (Å²) in [4.78, 5) is 13.0. The molecular formula is C21H32O8. The van der Waals surface area contributed by atoms with Crippen molar-refractivity contribution < 1.29 is 39.4 Å². The Hall–Kier alpha value is -0.870. The van der Waals surface area contributed by atoms with Crippen LogP contribution in [0, 0.1) is 17.3 Å². The fourth-order valence-corrected chi connectivity index (χ4v) is 5.75. The summed E-state index contributed by atoms with van der Waals surface area (Å²) in [6, 6.07) is 0. The third-order valence-corrected chi connectivity index (χ3v) is 7.50. The fraction of sp³-hybridized carbons (Fsp3) is 0.857. The van der Waals surface area contributed by atoms with Gasteiger partial charge < -0.3 is 34.6 Å². The Morgan fingerprint density at radius 2 is 1.90 bits per heavy atom. The van der Waals surface area contributed by atoms with Gasteiger partial charge in [0.2, 0.25) is 0 Å². The molecule has 0 aromatic rings. The molecule has 1 saturated carbocycles. The van der Waals surface area contributed by atoms with Crippen LogP contribution in [0.3, 0.4) is 0 Å². The van der Waals surface area contributed by atoms with Crippen LogP contribution in [0.25, 0.3) is 0 Å². The number of aliphatic hydroxyl groups is 4. The summed E-state index contributed by atoms with van der Waals surface area (Å²) in [6.45, 7) is 7.18. The van der Waals surface area contributed by atoms with Crippen molar-refractivity contribution in [2.24, 2.45) is 17.3 Å². The maximum Gasteiger partial charge on any atom is 0.187 e. The van der Waals surface area contributed by atoms with E-state index in [0.29, 0.717) is 0 Å². The Labute approximate surface area is 170 Å². The lowest BCUT2D eigenvalue weighted by Gasteiger charge is -2.46. The lowest BCUT2D eigenvalue weighted by atomic mass is 9.68. The second kappa shape index (κ2) is 7.09. The number of carbonyl (C=O) groups is 1. The van der Waals surface area contributed by atoms with Crippen LogP contribution in [0.15, 0.2) is 11.6 Å². The first-order valence-electron chi connectivity index (χ1n) is 10.4. The highest BCUT2D eigenvalue weighted by atomic mass is 16.7. The molecule has 0 radical (unpaired) electrons. The summed E-state index contributed by atoms with van der Waals surface area (Å²) >= 11 is 0. The average molecular weight is 412 g/mol. The van der Waals surface area contributed by atoms with Crippen molar-refractivity contribution in [3.8, 4) is 0 Å². The summed E-state index contributed by atoms with van der Waals surface area (Å²) < 4.78 is 17.6. The summed E-state index contributed by atoms with van der Waals surface area (Å²) in [5.74, 6) is 0.0385. The lowest BCUT2D eigenvalue weighted by molar-refractivity contribution is -0.331. The smallest absolute Gasteiger partial charge is 0.187 e. The van der Waals surface area contributed by atoms with Gasteiger partial charge in [-0.05, 0) is 52.5 Å². The minimum Gasteiger partial charge on any atom is -0.394 e. The van der Waals surface area contributed by atoms with Crippen molar-refractivity contribution in [1.82, 2.24) is 0 Å². The molecule has 164 valence electrons. The molecular weight excluding hydrogens is 380 g/mol. The molecule has 4 rings (SSSR count). The number of hydrogen-bond acceptors (Lipinski definition) is 8. The second-order valence-electron chi connectivity index (χ2n) is 9.75. The molecule has 2 aliphatic carbocycles. The SMILES string of the molecule is CC1=CC(=O)[C@]2(C)[C@@H]3O[C@@H]3[C@@H](C(C)(C)O[C@@H]3O[C@H](CO)[C@@H](O)[C@H](O)[C@H]3O)[C@@H]2CC1. The molecule has 0 bridgehead atoms. The molecule has 4 aliphatic rings. The molecule has 0 aromatic carbocycles. The summed E-state index contributed by atoms with van der Waals surface area (Å²) in [5.41, 5.74) is -0.383. The van der Waals surface area contributed by atoms with E-state index in [1.165, 1.54) is 0 Å². The number of allylic oxidation sites excluding steroid dienone is 2. The zero-order valence-electron chi connectivity index (χ0n) is 17.3. The van der Waals surface area contributed by atoms with Crippen LogP contribution in [0.1, 0.15) is 40.5 Å². The van der Waals surface area contributed by atoms with Crippen LogP contribution in [0.5, 0.6) is 0 Å². The van der Waals surface area contributed by atoms with Gasteiger partial charge in [0.25, 0.3) is 0 Å². The van der Waals surface area contributed by atoms with E-state index < -0.39 is 48.3 Å². The quantitative estimate of drug-likeness (QED) is 0.472. The molecule has 2 saturated heterocycles. The van der Waals surface area contributed by atoms with Crippen molar-refractivity contribution in [2.45, 2.75) is 89.1 Å². The Kier molecular flexibility index (Phi) is 5.22. The van der Waals surface area contributed by atoms with Crippen LogP contribution < -0.4 is 0 Å². The van der Waals surface area contributed by atoms with Crippen LogP contribution >= 0.6 is 0 Å². The molecule has 0 unspecified atom stereocenters. The van der Waals surface area contributed by atoms with E-state index in [1.807, 2.05) is 27.7 Å². The van der Waals surface area contributed by atoms with Gasteiger partial charge in [0.05, 0.1) is 29.8 Å². The molecule has 8 nitrogen and oxygen atoms in total. The molecule has 0 aromatic heterocycles. The summed E-state index contributed by atoms with van der Waals surface area (Å²) in [7, 11) is 0. The molecule has 0 spiro atoms. The van der Waals surface area contributed by atoms with Gasteiger partial charge in [0, 0.05) is 5.92 Å². The van der Waals surface area contributed by atoms with Crippen LogP contribution in [-0.4, -0.2) is 81.3 Å². The molecule has 8 heteroatoms. The highest BCUT2D eigenvalue weighted by molar-refractivity contribution is 5.97. The number of rotatable bonds is 4. The third-order valence-electron chi connectivity index (χ3n) is 7.50. The molecule has 29 heavy (non-hydrogen) atoms. The summed E-state index contributed by atoms with van der Waals surface area (Å²) in [5, 5.41) is 39.9. The van der Waals surface area contributed by atoms with Gasteiger partial charge in [0.15, 0.2) is 12.1 Å². The Balaban J connectivity index is 1.57. The zero-order chi connectivity index (χ0) is 21.3. The molecule has 10 atom stereocenters. The first-order valence-corrected chi connectivity index (χ1v) is 10.4. The maximum atomic E-state index is 13.0. The molecule has 0 amide bonds. The standard InChI is InChI=1S/C21H32O8/c1-9-5-6-10-13(17-18(28-17)21(10,4)12(23)7-9)20(2,3)29-19-16(26)15(25)14(24)11(8-22)27-19/h7,10-11,13-19,22,24-26H,5-6,8H2,1-4H3/t10-,11+,13-,14+,15-,16+,17+,18+,19-,21+/m0/s1. The first kappa shape index (κ1) is 21.4. The lowest BCUT2D eigenvalue weighted by Crippen LogP contribution is -2.61. The normalized spacial score (nSPS) is 49.9. The van der Waals surface area contributed by atoms with Crippen molar-refractivity contribution in [2.75, 3.05) is 6.61 Å². The second-order valence-corrected chi connectivity index (χ2v) is 9.75. The van der Waals surface area contributed by atoms with E-state index in [2.05, 4.69) is 0 Å². The van der Waals surface area contributed by atoms with Gasteiger partial charge in [-0.2, -0.15) is 0 Å². The number of epoxide rings is 1. The minimum absolute atomic E-state index is 0.0485. The number of aliphatic hydroxyl groups excluding tert-OH is 4. The van der Waals surface area contributed by atoms with E-state index in [0.717, 1.165) is 18.4 Å². The van der Waals surface area contributed by atoms with Gasteiger partial charge in [-0.15, -0.1) is 0 Å². The van der Waals surface area contributed by atoms with Gasteiger partial charge in [-0.3, -0.25) is 4.79 Å². The van der Waals surface area contributed by atoms with Gasteiger partial charge >= 0.3 is 0 Å². The molecule has 2 heterocycles. The maximum absolute atomic E-state index is 13.0. The topological polar surface area (TPSA) is 129 Å². The number of carbonyl (C=O) groups excluding carboxylic acids is 1. The molecule has 4 N–H and O–H groups in total. The van der Waals surface area contributed by atoms with Gasteiger partial charge in [0.1, 0.15) is 24.4 Å². The van der Waals surface area contributed by atoms with E-state index >= 15 is 0 Å². The number of ketones is 1. The first-order chi connectivity index (χ1) is 13.5. The van der Waals surface area contributed by atoms with Crippen LogP contribution in [0.4, 0.5) is 0 Å². The predicted molar refractivity (Wildman–Crippen MR) is 101 cm³/mol. The van der Waals surface area contributed by atoms with Crippen molar-refractivity contribution in [3.05, 3.63) is 11.6 Å². The molecule has 3 fully saturated rings. The van der Waals surface area contributed by atoms with E-state index in [1.54, 1.807) is 6.08 Å². The van der Waals surface area contributed by atoms with Crippen molar-refractivity contribution >= 4 is 5.78 Å². The van der Waals surface area contributed by atoms with Gasteiger partial charge in [-0.1, -0.05) is 5.57 Å². The van der Waals surface area contributed by atoms with Crippen molar-refractivity contribution in [1.29, 1.82) is 0 Å². The van der Waals surface area contributed by atoms with Crippen LogP contribution in [0.2, 0.25) is 0 Å². The summed E-state index contributed by atoms with van der Waals surface area (Å²) in [6.07, 6.45) is -3.48. The Bertz CT molecular complexity index is 703. The van der Waals surface area contributed by atoms with E-state index in [4.69, 9.17) is 14.2 Å². The fourth-order valence-electron chi connectivity index (χ4n) is 5.75. The molecule has 2 aliphatic heterocycles. The minimum atomic E-state index is -1.49. The third kappa shape index (κ3) is 3.20. The number of fused-ring (bicyclic) bond motifs is 3. The van der Waals surface area contributed by atoms with Crippen molar-refractivity contribution in [3.63, 3.8) is 0 Å². The highest BCUT2D eigenvalue weighted by Gasteiger charge is 2.73. The number of hydrogen-bond donors (Lipinski definition) is 4. The van der Waals surface area contributed by atoms with E-state index in [-0.39, 0.29) is 29.8 Å². The largest absolute Gasteiger partial charge is 0.394 e. The van der Waals surface area contributed by atoms with E-state index in [9.17, 15) is 25.2 Å². The Morgan fingerprint density at radius 1 is 1.21 bits per heavy atom. The average Bonchev–Trinajstić information content (AvgIpc) is 3.41. The Morgan fingerprint density at radius 3 is 2.55 bits per heavy atom. The van der Waals surface area contributed by atoms with Gasteiger partial charge in [-0.25, -0.2) is 0 Å². The highest BCUT2D eigenvalue weighted by Crippen LogP contribution is 2.64.